The van der Waals surface area contributed by atoms with Gasteiger partial charge in [-0.15, -0.1) is 0 Å². The zero-order valence-electron chi connectivity index (χ0n) is 20.3. The minimum Gasteiger partial charge on any atom is -0.0654 e. The second kappa shape index (κ2) is 10.3. The molecule has 0 spiro atoms. The molecule has 0 heteroatoms. The van der Waals surface area contributed by atoms with Crippen molar-refractivity contribution in [1.82, 2.24) is 0 Å². The van der Waals surface area contributed by atoms with Gasteiger partial charge in [0.1, 0.15) is 0 Å². The molecule has 0 aromatic carbocycles. The van der Waals surface area contributed by atoms with E-state index in [0.29, 0.717) is 0 Å². The van der Waals surface area contributed by atoms with E-state index in [9.17, 15) is 0 Å². The summed E-state index contributed by atoms with van der Waals surface area (Å²) in [6.07, 6.45) is 17.8. The van der Waals surface area contributed by atoms with Crippen molar-refractivity contribution in [3.8, 4) is 0 Å². The average Bonchev–Trinajstić information content (AvgIpc) is 2.96. The highest BCUT2D eigenvalue weighted by Crippen LogP contribution is 2.65. The lowest BCUT2D eigenvalue weighted by atomic mass is 9.48. The van der Waals surface area contributed by atoms with Crippen LogP contribution in [0.3, 0.4) is 0 Å². The zero-order valence-corrected chi connectivity index (χ0v) is 20.3. The molecule has 0 nitrogen and oxygen atoms in total. The standard InChI is InChI=1S/C28H52/c1-7-10-12-15-25(24(14-11-8-2)22-17-16-19(22)4)27-21(6)26-18-20(5)23(13-9-3)28(26)27/h19-28H,7-18H2,1-6H3. The SMILES string of the molecule is CCCCCC(C(CCCC)C1CCC1C)C1C(C)C2CC(C)C(CCC)C21. The van der Waals surface area contributed by atoms with E-state index in [1.54, 1.807) is 19.3 Å². The largest absolute Gasteiger partial charge is 0.0654 e. The average molecular weight is 389 g/mol. The molecule has 0 radical (unpaired) electrons. The summed E-state index contributed by atoms with van der Waals surface area (Å²) in [5.41, 5.74) is 0. The third-order valence-corrected chi connectivity index (χ3v) is 10.0. The summed E-state index contributed by atoms with van der Waals surface area (Å²) in [6.45, 7) is 15.1. The van der Waals surface area contributed by atoms with E-state index in [2.05, 4.69) is 41.5 Å². The lowest BCUT2D eigenvalue weighted by molar-refractivity contribution is -0.0932. The van der Waals surface area contributed by atoms with Crippen LogP contribution < -0.4 is 0 Å². The van der Waals surface area contributed by atoms with Crippen molar-refractivity contribution in [2.24, 2.45) is 59.2 Å². The van der Waals surface area contributed by atoms with E-state index >= 15 is 0 Å². The predicted molar refractivity (Wildman–Crippen MR) is 124 cm³/mol. The minimum atomic E-state index is 0.996. The smallest absolute Gasteiger partial charge is 0.0318 e. The van der Waals surface area contributed by atoms with Gasteiger partial charge < -0.3 is 0 Å². The van der Waals surface area contributed by atoms with Gasteiger partial charge in [-0.3, -0.25) is 0 Å². The lowest BCUT2D eigenvalue weighted by Gasteiger charge is -2.57. The molecule has 10 atom stereocenters. The summed E-state index contributed by atoms with van der Waals surface area (Å²) in [5, 5.41) is 0. The summed E-state index contributed by atoms with van der Waals surface area (Å²) in [7, 11) is 0. The van der Waals surface area contributed by atoms with E-state index in [-0.39, 0.29) is 0 Å². The Labute approximate surface area is 178 Å². The van der Waals surface area contributed by atoms with Crippen LogP contribution in [0.5, 0.6) is 0 Å². The Morgan fingerprint density at radius 2 is 1.46 bits per heavy atom. The minimum absolute atomic E-state index is 0.996. The molecule has 28 heavy (non-hydrogen) atoms. The fraction of sp³-hybridized carbons (Fsp3) is 1.00. The maximum atomic E-state index is 2.67. The summed E-state index contributed by atoms with van der Waals surface area (Å²) < 4.78 is 0. The van der Waals surface area contributed by atoms with Crippen LogP contribution in [0, 0.1) is 59.2 Å². The van der Waals surface area contributed by atoms with E-state index in [1.165, 1.54) is 57.8 Å². The molecule has 0 aliphatic heterocycles. The maximum Gasteiger partial charge on any atom is -0.0318 e. The van der Waals surface area contributed by atoms with Gasteiger partial charge in [-0.25, -0.2) is 0 Å². The molecular formula is C28H52. The Bertz CT molecular complexity index is 453. The summed E-state index contributed by atoms with van der Waals surface area (Å²) in [4.78, 5) is 0. The van der Waals surface area contributed by atoms with Crippen LogP contribution in [0.15, 0.2) is 0 Å². The van der Waals surface area contributed by atoms with Crippen LogP contribution in [-0.4, -0.2) is 0 Å². The van der Waals surface area contributed by atoms with Crippen molar-refractivity contribution in [3.63, 3.8) is 0 Å². The molecule has 3 rings (SSSR count). The zero-order chi connectivity index (χ0) is 20.3. The highest BCUT2D eigenvalue weighted by atomic mass is 14.6. The Hall–Kier alpha value is 0. The number of hydrogen-bond acceptors (Lipinski definition) is 0. The molecule has 164 valence electrons. The number of fused-ring (bicyclic) bond motifs is 1. The van der Waals surface area contributed by atoms with Crippen molar-refractivity contribution in [3.05, 3.63) is 0 Å². The second-order valence-corrected chi connectivity index (χ2v) is 11.5. The first-order valence-electron chi connectivity index (χ1n) is 13.5. The molecule has 0 saturated heterocycles. The topological polar surface area (TPSA) is 0 Å². The third kappa shape index (κ3) is 4.37. The molecule has 0 aromatic heterocycles. The molecule has 0 aromatic rings. The number of rotatable bonds is 12. The van der Waals surface area contributed by atoms with Crippen LogP contribution >= 0.6 is 0 Å². The van der Waals surface area contributed by atoms with Crippen molar-refractivity contribution >= 4 is 0 Å². The second-order valence-electron chi connectivity index (χ2n) is 11.5. The highest BCUT2D eigenvalue weighted by molar-refractivity contribution is 5.07. The van der Waals surface area contributed by atoms with Crippen molar-refractivity contribution < 1.29 is 0 Å². The lowest BCUT2D eigenvalue weighted by Crippen LogP contribution is -2.52. The summed E-state index contributed by atoms with van der Waals surface area (Å²) in [5.74, 6) is 10.5. The molecule has 3 aliphatic carbocycles. The molecule has 0 N–H and O–H groups in total. The first-order chi connectivity index (χ1) is 13.5. The van der Waals surface area contributed by atoms with Crippen LogP contribution in [0.1, 0.15) is 119 Å². The predicted octanol–water partition coefficient (Wildman–Crippen LogP) is 8.99. The van der Waals surface area contributed by atoms with Crippen LogP contribution in [0.4, 0.5) is 0 Å². The fourth-order valence-electron chi connectivity index (χ4n) is 8.41. The molecule has 0 heterocycles. The van der Waals surface area contributed by atoms with Gasteiger partial charge in [-0.05, 0) is 84.9 Å². The van der Waals surface area contributed by atoms with Gasteiger partial charge in [-0.1, -0.05) is 92.9 Å². The quantitative estimate of drug-likeness (QED) is 0.292. The molecule has 3 saturated carbocycles. The Balaban J connectivity index is 1.81. The molecule has 10 unspecified atom stereocenters. The summed E-state index contributed by atoms with van der Waals surface area (Å²) in [6, 6.07) is 0. The highest BCUT2D eigenvalue weighted by Gasteiger charge is 2.59. The van der Waals surface area contributed by atoms with Crippen LogP contribution in [0.25, 0.3) is 0 Å². The monoisotopic (exact) mass is 388 g/mol. The van der Waals surface area contributed by atoms with Gasteiger partial charge in [-0.2, -0.15) is 0 Å². The van der Waals surface area contributed by atoms with Crippen LogP contribution in [0.2, 0.25) is 0 Å². The molecule has 0 bridgehead atoms. The van der Waals surface area contributed by atoms with E-state index in [1.807, 2.05) is 0 Å². The molecule has 0 amide bonds. The van der Waals surface area contributed by atoms with Crippen LogP contribution in [-0.2, 0) is 0 Å². The van der Waals surface area contributed by atoms with Gasteiger partial charge in [0.25, 0.3) is 0 Å². The molecule has 3 aliphatic rings. The van der Waals surface area contributed by atoms with Crippen molar-refractivity contribution in [2.75, 3.05) is 0 Å². The van der Waals surface area contributed by atoms with Gasteiger partial charge in [0.15, 0.2) is 0 Å². The van der Waals surface area contributed by atoms with E-state index in [0.717, 1.165) is 59.2 Å². The number of hydrogen-bond donors (Lipinski definition) is 0. The Morgan fingerprint density at radius 1 is 0.750 bits per heavy atom. The van der Waals surface area contributed by atoms with Gasteiger partial charge in [0.2, 0.25) is 0 Å². The fourth-order valence-corrected chi connectivity index (χ4v) is 8.41. The summed E-state index contributed by atoms with van der Waals surface area (Å²) >= 11 is 0. The Morgan fingerprint density at radius 3 is 2.04 bits per heavy atom. The molecular weight excluding hydrogens is 336 g/mol. The normalized spacial score (nSPS) is 41.8. The third-order valence-electron chi connectivity index (χ3n) is 10.0. The first-order valence-corrected chi connectivity index (χ1v) is 13.5. The van der Waals surface area contributed by atoms with Gasteiger partial charge >= 0.3 is 0 Å². The van der Waals surface area contributed by atoms with E-state index in [4.69, 9.17) is 0 Å². The maximum absolute atomic E-state index is 2.67. The van der Waals surface area contributed by atoms with Gasteiger partial charge in [0.05, 0.1) is 0 Å². The number of unbranched alkanes of at least 4 members (excludes halogenated alkanes) is 3. The first kappa shape index (κ1) is 22.7. The molecule has 3 fully saturated rings. The van der Waals surface area contributed by atoms with Gasteiger partial charge in [0, 0.05) is 0 Å². The van der Waals surface area contributed by atoms with E-state index < -0.39 is 0 Å². The van der Waals surface area contributed by atoms with Crippen molar-refractivity contribution in [1.29, 1.82) is 0 Å². The Kier molecular flexibility index (Phi) is 8.38. The van der Waals surface area contributed by atoms with Crippen molar-refractivity contribution in [2.45, 2.75) is 119 Å².